The molecule has 10 heavy (non-hydrogen) atoms. The minimum Gasteiger partial charge on any atom is -1.00 e. The van der Waals surface area contributed by atoms with Crippen molar-refractivity contribution in [2.45, 2.75) is 6.17 Å². The molecule has 0 saturated carbocycles. The predicted octanol–water partition coefficient (Wildman–Crippen LogP) is -5.54. The van der Waals surface area contributed by atoms with Gasteiger partial charge in [-0.3, -0.25) is 0 Å². The zero-order chi connectivity index (χ0) is 5.98. The van der Waals surface area contributed by atoms with Crippen molar-refractivity contribution in [3.05, 3.63) is 0 Å². The van der Waals surface area contributed by atoms with Crippen LogP contribution in [0, 0.1) is 0 Å². The molecular weight excluding hydrogens is 158 g/mol. The van der Waals surface area contributed by atoms with Gasteiger partial charge in [0.25, 0.3) is 6.17 Å². The van der Waals surface area contributed by atoms with Crippen LogP contribution in [0.1, 0.15) is 2.85 Å². The van der Waals surface area contributed by atoms with Crippen LogP contribution in [-0.2, 0) is 4.79 Å². The number of carboxylic acids is 1. The number of nitrogens with zero attached hydrogens (tertiary/aromatic N) is 4. The Balaban J connectivity index is -0.0000000800. The number of carbonyl (C=O) groups is 1. The van der Waals surface area contributed by atoms with E-state index in [1.54, 1.807) is 0 Å². The molecule has 1 N–H and O–H groups in total. The van der Waals surface area contributed by atoms with Gasteiger partial charge < -0.3 is 7.96 Å². The third-order valence-corrected chi connectivity index (χ3v) is 0.583. The summed E-state index contributed by atoms with van der Waals surface area (Å²) in [4.78, 5) is 9.89. The van der Waals surface area contributed by atoms with Gasteiger partial charge in [-0.05, 0) is 10.4 Å². The Morgan fingerprint density at radius 3 is 1.90 bits per heavy atom. The Kier molecular flexibility index (Phi) is 8.47. The molecule has 1 aliphatic rings. The summed E-state index contributed by atoms with van der Waals surface area (Å²) in [5.74, 6) is -1.13. The normalized spacial score (nSPS) is 14.0. The van der Waals surface area contributed by atoms with Crippen LogP contribution in [0.4, 0.5) is 0 Å². The second-order valence-corrected chi connectivity index (χ2v) is 1.12. The summed E-state index contributed by atoms with van der Waals surface area (Å²) < 4.78 is 0. The molecule has 0 aliphatic carbocycles. The number of hydrogen-bond donors (Lipinski definition) is 1. The average Bonchev–Trinajstić information content (AvgIpc) is 2.12. The second-order valence-electron chi connectivity index (χ2n) is 1.12. The zero-order valence-corrected chi connectivity index (χ0v) is 9.72. The van der Waals surface area contributed by atoms with Gasteiger partial charge in [-0.2, -0.15) is 0 Å². The van der Waals surface area contributed by atoms with E-state index in [2.05, 4.69) is 20.7 Å². The molecule has 1 rings (SSSR count). The van der Waals surface area contributed by atoms with Crippen LogP contribution in [-0.4, -0.2) is 17.2 Å². The van der Waals surface area contributed by atoms with E-state index in [-0.39, 0.29) is 62.0 Å². The van der Waals surface area contributed by atoms with Crippen molar-refractivity contribution >= 4 is 5.97 Å². The molecule has 0 saturated heterocycles. The molecule has 0 fully saturated rings. The summed E-state index contributed by atoms with van der Waals surface area (Å²) in [5, 5.41) is 20.3. The Morgan fingerprint density at radius 1 is 1.30 bits per heavy atom. The molecule has 0 atom stereocenters. The molecule has 0 spiro atoms. The number of aliphatic carboxylic acids is 1. The fourth-order valence-corrected chi connectivity index (χ4v) is 0.266. The van der Waals surface area contributed by atoms with Crippen LogP contribution in [0.5, 0.6) is 0 Å². The minimum atomic E-state index is -1.13. The monoisotopic (exact) mass is 162 g/mol. The summed E-state index contributed by atoms with van der Waals surface area (Å²) in [6.45, 7) is 0. The van der Waals surface area contributed by atoms with Gasteiger partial charge in [0.2, 0.25) is 0 Å². The first-order chi connectivity index (χ1) is 3.80. The van der Waals surface area contributed by atoms with E-state index in [0.717, 1.165) is 0 Å². The standard InChI is InChI=1S/C2H2N4O2.2Na.2H/c7-2(8)1-3-5-6-4-1;;;;/h1H,(H,7,8);;;;/q;2*+1;2*-1. The Labute approximate surface area is 104 Å². The molecule has 46 valence electrons. The largest absolute Gasteiger partial charge is 1.00 e. The van der Waals surface area contributed by atoms with Crippen LogP contribution in [0.2, 0.25) is 0 Å². The van der Waals surface area contributed by atoms with Crippen molar-refractivity contribution in [1.82, 2.24) is 0 Å². The van der Waals surface area contributed by atoms with Gasteiger partial charge in [0, 0.05) is 0 Å². The molecule has 0 aromatic carbocycles. The molecule has 8 heteroatoms. The quantitative estimate of drug-likeness (QED) is 0.390. The van der Waals surface area contributed by atoms with Crippen LogP contribution in [0.25, 0.3) is 0 Å². The molecule has 0 unspecified atom stereocenters. The van der Waals surface area contributed by atoms with Gasteiger partial charge in [-0.25, -0.2) is 4.79 Å². The van der Waals surface area contributed by atoms with E-state index in [0.29, 0.717) is 0 Å². The van der Waals surface area contributed by atoms with Crippen molar-refractivity contribution in [1.29, 1.82) is 0 Å². The Morgan fingerprint density at radius 2 is 1.70 bits per heavy atom. The number of rotatable bonds is 1. The zero-order valence-electron chi connectivity index (χ0n) is 7.72. The fourth-order valence-electron chi connectivity index (χ4n) is 0.266. The second kappa shape index (κ2) is 6.38. The maximum Gasteiger partial charge on any atom is 1.00 e. The van der Waals surface area contributed by atoms with Crippen LogP contribution in [0.15, 0.2) is 20.7 Å². The molecular formula is C2H4N4Na2O2. The Bertz CT molecular complexity index is 164. The SMILES string of the molecule is O=C(O)C1N=NN=N1.[H-].[H-].[Na+].[Na+]. The molecule has 1 heterocycles. The topological polar surface area (TPSA) is 86.7 Å². The summed E-state index contributed by atoms with van der Waals surface area (Å²) in [7, 11) is 0. The summed E-state index contributed by atoms with van der Waals surface area (Å²) in [6.07, 6.45) is -1.10. The predicted molar refractivity (Wildman–Crippen MR) is 23.4 cm³/mol. The number of hydrogen-bond acceptors (Lipinski definition) is 5. The first-order valence-electron chi connectivity index (χ1n) is 1.83. The van der Waals surface area contributed by atoms with Crippen LogP contribution < -0.4 is 59.1 Å². The van der Waals surface area contributed by atoms with E-state index in [1.165, 1.54) is 0 Å². The van der Waals surface area contributed by atoms with E-state index in [4.69, 9.17) is 5.11 Å². The molecule has 6 nitrogen and oxygen atoms in total. The van der Waals surface area contributed by atoms with Gasteiger partial charge in [0.1, 0.15) is 0 Å². The molecule has 0 amide bonds. The van der Waals surface area contributed by atoms with Crippen molar-refractivity contribution in [3.63, 3.8) is 0 Å². The third kappa shape index (κ3) is 3.75. The van der Waals surface area contributed by atoms with Gasteiger partial charge in [-0.15, -0.1) is 10.2 Å². The summed E-state index contributed by atoms with van der Waals surface area (Å²) >= 11 is 0. The molecule has 0 radical (unpaired) electrons. The van der Waals surface area contributed by atoms with Crippen molar-refractivity contribution in [2.75, 3.05) is 0 Å². The smallest absolute Gasteiger partial charge is 1.00 e. The minimum absolute atomic E-state index is 0. The van der Waals surface area contributed by atoms with Gasteiger partial charge in [-0.1, -0.05) is 0 Å². The molecule has 1 aliphatic heterocycles. The first kappa shape index (κ1) is 13.3. The van der Waals surface area contributed by atoms with Gasteiger partial charge in [0.05, 0.1) is 0 Å². The van der Waals surface area contributed by atoms with Crippen molar-refractivity contribution < 1.29 is 71.9 Å². The average molecular weight is 162 g/mol. The summed E-state index contributed by atoms with van der Waals surface area (Å²) in [6, 6.07) is 0. The molecule has 0 bridgehead atoms. The van der Waals surface area contributed by atoms with Crippen molar-refractivity contribution in [2.24, 2.45) is 20.7 Å². The fraction of sp³-hybridized carbons (Fsp3) is 0.500. The van der Waals surface area contributed by atoms with E-state index in [9.17, 15) is 4.79 Å². The first-order valence-corrected chi connectivity index (χ1v) is 1.83. The van der Waals surface area contributed by atoms with Gasteiger partial charge >= 0.3 is 65.1 Å². The third-order valence-electron chi connectivity index (χ3n) is 0.583. The van der Waals surface area contributed by atoms with E-state index in [1.807, 2.05) is 0 Å². The Hall–Kier alpha value is 0.670. The molecule has 0 aromatic heterocycles. The molecule has 0 aromatic rings. The summed E-state index contributed by atoms with van der Waals surface area (Å²) in [5.41, 5.74) is 0. The van der Waals surface area contributed by atoms with Crippen molar-refractivity contribution in [3.8, 4) is 0 Å². The van der Waals surface area contributed by atoms with Crippen LogP contribution >= 0.6 is 0 Å². The maximum absolute atomic E-state index is 9.89. The van der Waals surface area contributed by atoms with E-state index < -0.39 is 12.1 Å². The number of carboxylic acid groups (broad SMARTS) is 1. The van der Waals surface area contributed by atoms with Gasteiger partial charge in [0.15, 0.2) is 0 Å². The maximum atomic E-state index is 9.89. The van der Waals surface area contributed by atoms with Crippen LogP contribution in [0.3, 0.4) is 0 Å². The van der Waals surface area contributed by atoms with E-state index >= 15 is 0 Å².